The summed E-state index contributed by atoms with van der Waals surface area (Å²) in [6.45, 7) is 4.92. The molecule has 240 valence electrons. The maximum absolute atomic E-state index is 15.0. The van der Waals surface area contributed by atoms with Gasteiger partial charge in [-0.2, -0.15) is 9.97 Å². The number of carbonyl (C=O) groups is 1. The van der Waals surface area contributed by atoms with E-state index in [1.807, 2.05) is 11.8 Å². The molecule has 45 heavy (non-hydrogen) atoms. The number of piperidine rings is 1. The van der Waals surface area contributed by atoms with Gasteiger partial charge in [0.25, 0.3) is 0 Å². The van der Waals surface area contributed by atoms with Crippen LogP contribution in [0.5, 0.6) is 11.8 Å². The van der Waals surface area contributed by atoms with E-state index in [1.165, 1.54) is 6.07 Å². The van der Waals surface area contributed by atoms with Crippen LogP contribution in [-0.4, -0.2) is 88.1 Å². The topological polar surface area (TPSA) is 128 Å². The standard InChI is InChI=1S/C33H40F2N6O4/c1-2-24-26(35)5-4-19-10-22(42)12-28(29(19)24)39-9-6-25-27(17-39)37-32(45-18-33-7-3-8-41(33)15-21(34)13-33)38-31(25)40-14-20(30(36)44)11-23(43)16-40/h4-5,10,12,20-21,23,42-43H,2-3,6-9,11,13-18H2,1H3,(H2,36,44)/t20-,21-,23-,33+/m1/s1. The van der Waals surface area contributed by atoms with Crippen LogP contribution in [0.3, 0.4) is 0 Å². The van der Waals surface area contributed by atoms with E-state index in [0.29, 0.717) is 68.9 Å². The maximum atomic E-state index is 15.0. The molecule has 5 heterocycles. The lowest BCUT2D eigenvalue weighted by molar-refractivity contribution is -0.123. The molecule has 7 rings (SSSR count). The Morgan fingerprint density at radius 2 is 2.02 bits per heavy atom. The number of halogens is 2. The third-order valence-electron chi connectivity index (χ3n) is 10.2. The lowest BCUT2D eigenvalue weighted by Crippen LogP contribution is -2.48. The molecule has 3 aromatic rings. The number of phenols is 1. The van der Waals surface area contributed by atoms with E-state index in [9.17, 15) is 23.8 Å². The SMILES string of the molecule is CCc1c(F)ccc2cc(O)cc(N3CCc4c(nc(OC[C@@]56CCCN5C[C@H](F)C6)nc4N4C[C@H](O)C[C@@H](C(N)=O)C4)C3)c12. The summed E-state index contributed by atoms with van der Waals surface area (Å²) in [5.41, 5.74) is 8.18. The number of phenolic OH excluding ortho intramolecular Hbond substituents is 1. The number of ether oxygens (including phenoxy) is 1. The minimum absolute atomic E-state index is 0.0901. The number of amides is 1. The second kappa shape index (κ2) is 11.5. The number of aryl methyl sites for hydroxylation is 1. The molecule has 3 saturated heterocycles. The summed E-state index contributed by atoms with van der Waals surface area (Å²) in [5.74, 6) is -0.606. The van der Waals surface area contributed by atoms with Gasteiger partial charge >= 0.3 is 6.01 Å². The zero-order chi connectivity index (χ0) is 31.5. The van der Waals surface area contributed by atoms with Crippen LogP contribution < -0.4 is 20.3 Å². The highest BCUT2D eigenvalue weighted by Gasteiger charge is 2.49. The number of aromatic nitrogens is 2. The number of carbonyl (C=O) groups excluding carboxylic acids is 1. The highest BCUT2D eigenvalue weighted by Crippen LogP contribution is 2.42. The van der Waals surface area contributed by atoms with Gasteiger partial charge in [0.15, 0.2) is 0 Å². The van der Waals surface area contributed by atoms with Crippen LogP contribution in [0.1, 0.15) is 49.4 Å². The predicted octanol–water partition coefficient (Wildman–Crippen LogP) is 3.23. The number of alkyl halides is 1. The Kier molecular flexibility index (Phi) is 7.67. The average Bonchev–Trinajstić information content (AvgIpc) is 3.54. The number of rotatable bonds is 7. The molecule has 4 atom stereocenters. The van der Waals surface area contributed by atoms with Gasteiger partial charge in [-0.25, -0.2) is 8.78 Å². The van der Waals surface area contributed by atoms with Gasteiger partial charge in [0.1, 0.15) is 30.2 Å². The number of aliphatic hydroxyl groups excluding tert-OH is 1. The number of β-amino-alcohol motifs (C(OH)–C–C–N with tert-alkyl or cyclic N) is 1. The Balaban J connectivity index is 1.27. The second-order valence-electron chi connectivity index (χ2n) is 13.1. The fraction of sp³-hybridized carbons (Fsp3) is 0.545. The van der Waals surface area contributed by atoms with Crippen molar-refractivity contribution in [2.45, 2.75) is 69.8 Å². The molecule has 3 fully saturated rings. The molecule has 0 radical (unpaired) electrons. The number of primary amides is 1. The Bertz CT molecular complexity index is 1640. The smallest absolute Gasteiger partial charge is 0.318 e. The second-order valence-corrected chi connectivity index (χ2v) is 13.1. The molecule has 12 heteroatoms. The summed E-state index contributed by atoms with van der Waals surface area (Å²) < 4.78 is 35.7. The fourth-order valence-corrected chi connectivity index (χ4v) is 8.09. The van der Waals surface area contributed by atoms with Gasteiger partial charge in [0.2, 0.25) is 5.91 Å². The minimum atomic E-state index is -0.891. The molecule has 4 aliphatic heterocycles. The number of benzene rings is 2. The van der Waals surface area contributed by atoms with Crippen LogP contribution in [0.4, 0.5) is 20.3 Å². The van der Waals surface area contributed by atoms with Gasteiger partial charge < -0.3 is 30.5 Å². The molecule has 4 N–H and O–H groups in total. The Morgan fingerprint density at radius 3 is 2.82 bits per heavy atom. The summed E-state index contributed by atoms with van der Waals surface area (Å²) in [7, 11) is 0. The van der Waals surface area contributed by atoms with Gasteiger partial charge in [-0.3, -0.25) is 9.69 Å². The lowest BCUT2D eigenvalue weighted by Gasteiger charge is -2.38. The van der Waals surface area contributed by atoms with Crippen LogP contribution in [-0.2, 0) is 24.2 Å². The summed E-state index contributed by atoms with van der Waals surface area (Å²) >= 11 is 0. The number of aliphatic hydroxyl groups is 1. The van der Waals surface area contributed by atoms with E-state index in [0.717, 1.165) is 41.4 Å². The van der Waals surface area contributed by atoms with Gasteiger partial charge in [-0.05, 0) is 61.7 Å². The summed E-state index contributed by atoms with van der Waals surface area (Å²) in [6, 6.07) is 6.60. The average molecular weight is 623 g/mol. The Hall–Kier alpha value is -3.77. The molecule has 0 aliphatic carbocycles. The van der Waals surface area contributed by atoms with Crippen molar-refractivity contribution in [2.75, 3.05) is 49.1 Å². The molecule has 0 unspecified atom stereocenters. The van der Waals surface area contributed by atoms with Crippen LogP contribution in [0.25, 0.3) is 10.8 Å². The van der Waals surface area contributed by atoms with Crippen molar-refractivity contribution < 1.29 is 28.5 Å². The lowest BCUT2D eigenvalue weighted by atomic mass is 9.94. The van der Waals surface area contributed by atoms with E-state index in [4.69, 9.17) is 20.4 Å². The molecule has 1 amide bonds. The number of hydrogen-bond donors (Lipinski definition) is 3. The third-order valence-corrected chi connectivity index (χ3v) is 10.2. The highest BCUT2D eigenvalue weighted by molar-refractivity contribution is 5.98. The summed E-state index contributed by atoms with van der Waals surface area (Å²) in [6.07, 6.45) is 1.92. The number of fused-ring (bicyclic) bond motifs is 3. The number of nitrogens with two attached hydrogens (primary N) is 1. The molecule has 2 aromatic carbocycles. The molecular weight excluding hydrogens is 582 g/mol. The Labute approximate surface area is 260 Å². The number of aromatic hydroxyl groups is 1. The molecule has 4 aliphatic rings. The van der Waals surface area contributed by atoms with E-state index < -0.39 is 24.1 Å². The minimum Gasteiger partial charge on any atom is -0.508 e. The van der Waals surface area contributed by atoms with Gasteiger partial charge in [0, 0.05) is 55.3 Å². The number of nitrogens with zero attached hydrogens (tertiary/aromatic N) is 5. The van der Waals surface area contributed by atoms with Gasteiger partial charge in [-0.15, -0.1) is 0 Å². The normalized spacial score (nSPS) is 26.7. The van der Waals surface area contributed by atoms with Crippen LogP contribution in [0, 0.1) is 11.7 Å². The van der Waals surface area contributed by atoms with Crippen molar-refractivity contribution >= 4 is 28.2 Å². The first-order valence-corrected chi connectivity index (χ1v) is 16.0. The zero-order valence-corrected chi connectivity index (χ0v) is 25.5. The maximum Gasteiger partial charge on any atom is 0.318 e. The molecule has 1 aromatic heterocycles. The Morgan fingerprint density at radius 1 is 1.18 bits per heavy atom. The van der Waals surface area contributed by atoms with Crippen LogP contribution in [0.2, 0.25) is 0 Å². The first-order chi connectivity index (χ1) is 21.6. The zero-order valence-electron chi connectivity index (χ0n) is 25.5. The van der Waals surface area contributed by atoms with E-state index in [2.05, 4.69) is 9.80 Å². The molecular formula is C33H40F2N6O4. The molecule has 0 spiro atoms. The van der Waals surface area contributed by atoms with E-state index in [1.54, 1.807) is 18.2 Å². The van der Waals surface area contributed by atoms with Crippen molar-refractivity contribution in [1.29, 1.82) is 0 Å². The van der Waals surface area contributed by atoms with Gasteiger partial charge in [-0.1, -0.05) is 13.0 Å². The quantitative estimate of drug-likeness (QED) is 0.364. The van der Waals surface area contributed by atoms with Crippen LogP contribution >= 0.6 is 0 Å². The molecule has 10 nitrogen and oxygen atoms in total. The largest absolute Gasteiger partial charge is 0.508 e. The van der Waals surface area contributed by atoms with Gasteiger partial charge in [0.05, 0.1) is 29.8 Å². The van der Waals surface area contributed by atoms with Crippen molar-refractivity contribution in [1.82, 2.24) is 14.9 Å². The number of anilines is 2. The summed E-state index contributed by atoms with van der Waals surface area (Å²) in [4.78, 5) is 28.0. The molecule has 0 saturated carbocycles. The predicted molar refractivity (Wildman–Crippen MR) is 166 cm³/mol. The van der Waals surface area contributed by atoms with Crippen molar-refractivity contribution in [2.24, 2.45) is 11.7 Å². The highest BCUT2D eigenvalue weighted by atomic mass is 19.1. The fourth-order valence-electron chi connectivity index (χ4n) is 8.09. The first kappa shape index (κ1) is 29.9. The number of hydrogen-bond acceptors (Lipinski definition) is 9. The monoisotopic (exact) mass is 622 g/mol. The van der Waals surface area contributed by atoms with Crippen molar-refractivity contribution in [3.63, 3.8) is 0 Å². The summed E-state index contributed by atoms with van der Waals surface area (Å²) in [5, 5.41) is 22.8. The third kappa shape index (κ3) is 5.41. The van der Waals surface area contributed by atoms with E-state index in [-0.39, 0.29) is 36.3 Å². The van der Waals surface area contributed by atoms with Crippen molar-refractivity contribution in [3.05, 3.63) is 46.9 Å². The van der Waals surface area contributed by atoms with Crippen molar-refractivity contribution in [3.8, 4) is 11.8 Å². The molecule has 0 bridgehead atoms. The first-order valence-electron chi connectivity index (χ1n) is 16.0. The van der Waals surface area contributed by atoms with Crippen LogP contribution in [0.15, 0.2) is 24.3 Å². The van der Waals surface area contributed by atoms with E-state index >= 15 is 0 Å².